The molecule has 0 saturated carbocycles. The van der Waals surface area contributed by atoms with Crippen LogP contribution in [0.4, 0.5) is 5.69 Å². The van der Waals surface area contributed by atoms with Crippen LogP contribution in [0.1, 0.15) is 0 Å². The van der Waals surface area contributed by atoms with E-state index in [1.54, 1.807) is 30.3 Å². The van der Waals surface area contributed by atoms with Gasteiger partial charge in [0.2, 0.25) is 0 Å². The van der Waals surface area contributed by atoms with Gasteiger partial charge >= 0.3 is 0 Å². The Kier molecular flexibility index (Phi) is 3.01. The van der Waals surface area contributed by atoms with Crippen LogP contribution in [0, 0.1) is 0 Å². The highest BCUT2D eigenvalue weighted by Gasteiger charge is 2.09. The van der Waals surface area contributed by atoms with Crippen LogP contribution in [0.5, 0.6) is 5.75 Å². The van der Waals surface area contributed by atoms with Gasteiger partial charge in [-0.3, -0.25) is 0 Å². The standard InChI is InChI=1S/C15H12N4O/c16-11-7-5-10(6-8-11)14-17-9-18-15(19-14)12-3-1-2-4-13(12)20/h1-9,20H,16H2. The molecule has 3 N–H and O–H groups in total. The van der Waals surface area contributed by atoms with Crippen LogP contribution in [-0.4, -0.2) is 20.1 Å². The Morgan fingerprint density at radius 3 is 2.30 bits per heavy atom. The number of nitrogen functional groups attached to an aromatic ring is 1. The molecule has 0 aliphatic rings. The van der Waals surface area contributed by atoms with Gasteiger partial charge in [0.1, 0.15) is 12.1 Å². The molecular weight excluding hydrogens is 252 g/mol. The molecule has 0 saturated heterocycles. The minimum absolute atomic E-state index is 0.141. The van der Waals surface area contributed by atoms with Gasteiger partial charge in [0.15, 0.2) is 11.6 Å². The molecule has 0 aliphatic carbocycles. The summed E-state index contributed by atoms with van der Waals surface area (Å²) in [6.45, 7) is 0. The summed E-state index contributed by atoms with van der Waals surface area (Å²) in [4.78, 5) is 12.6. The number of nitrogens with zero attached hydrogens (tertiary/aromatic N) is 3. The summed E-state index contributed by atoms with van der Waals surface area (Å²) in [5.41, 5.74) is 7.76. The van der Waals surface area contributed by atoms with E-state index in [0.717, 1.165) is 5.56 Å². The molecule has 1 aromatic heterocycles. The third kappa shape index (κ3) is 2.29. The van der Waals surface area contributed by atoms with Gasteiger partial charge in [-0.1, -0.05) is 12.1 Å². The monoisotopic (exact) mass is 264 g/mol. The minimum Gasteiger partial charge on any atom is -0.507 e. The van der Waals surface area contributed by atoms with Crippen molar-refractivity contribution in [2.24, 2.45) is 0 Å². The summed E-state index contributed by atoms with van der Waals surface area (Å²) in [6, 6.07) is 14.2. The van der Waals surface area contributed by atoms with Crippen LogP contribution in [0.15, 0.2) is 54.9 Å². The Bertz CT molecular complexity index is 741. The number of hydrogen-bond donors (Lipinski definition) is 2. The van der Waals surface area contributed by atoms with E-state index in [9.17, 15) is 5.11 Å². The van der Waals surface area contributed by atoms with Crippen LogP contribution in [0.3, 0.4) is 0 Å². The molecule has 0 aliphatic heterocycles. The SMILES string of the molecule is Nc1ccc(-c2ncnc(-c3ccccc3O)n2)cc1. The molecule has 0 bridgehead atoms. The fraction of sp³-hybridized carbons (Fsp3) is 0. The molecule has 5 nitrogen and oxygen atoms in total. The summed E-state index contributed by atoms with van der Waals surface area (Å²) in [7, 11) is 0. The highest BCUT2D eigenvalue weighted by molar-refractivity contribution is 5.66. The number of phenolic OH excluding ortho intramolecular Hbond substituents is 1. The minimum atomic E-state index is 0.141. The fourth-order valence-electron chi connectivity index (χ4n) is 1.86. The molecule has 0 fully saturated rings. The number of benzene rings is 2. The van der Waals surface area contributed by atoms with Crippen molar-refractivity contribution in [3.8, 4) is 28.5 Å². The highest BCUT2D eigenvalue weighted by Crippen LogP contribution is 2.26. The summed E-state index contributed by atoms with van der Waals surface area (Å²) in [6.07, 6.45) is 1.43. The van der Waals surface area contributed by atoms with Gasteiger partial charge < -0.3 is 10.8 Å². The van der Waals surface area contributed by atoms with Crippen LogP contribution >= 0.6 is 0 Å². The van der Waals surface area contributed by atoms with E-state index in [-0.39, 0.29) is 5.75 Å². The number of rotatable bonds is 2. The van der Waals surface area contributed by atoms with Crippen molar-refractivity contribution in [1.82, 2.24) is 15.0 Å². The lowest BCUT2D eigenvalue weighted by Gasteiger charge is -2.05. The van der Waals surface area contributed by atoms with Crippen molar-refractivity contribution in [1.29, 1.82) is 0 Å². The molecule has 20 heavy (non-hydrogen) atoms. The topological polar surface area (TPSA) is 84.9 Å². The molecule has 5 heteroatoms. The van der Waals surface area contributed by atoms with E-state index in [2.05, 4.69) is 15.0 Å². The van der Waals surface area contributed by atoms with Crippen molar-refractivity contribution in [2.45, 2.75) is 0 Å². The quantitative estimate of drug-likeness (QED) is 0.694. The van der Waals surface area contributed by atoms with Crippen LogP contribution in [0.25, 0.3) is 22.8 Å². The number of nitrogens with two attached hydrogens (primary N) is 1. The van der Waals surface area contributed by atoms with E-state index in [1.165, 1.54) is 6.33 Å². The van der Waals surface area contributed by atoms with E-state index in [1.807, 2.05) is 18.2 Å². The fourth-order valence-corrected chi connectivity index (χ4v) is 1.86. The van der Waals surface area contributed by atoms with Gasteiger partial charge in [0, 0.05) is 11.3 Å². The summed E-state index contributed by atoms with van der Waals surface area (Å²) in [5.74, 6) is 1.12. The molecule has 1 heterocycles. The second-order valence-corrected chi connectivity index (χ2v) is 4.27. The second kappa shape index (κ2) is 4.97. The average molecular weight is 264 g/mol. The average Bonchev–Trinajstić information content (AvgIpc) is 2.49. The summed E-state index contributed by atoms with van der Waals surface area (Å²) < 4.78 is 0. The summed E-state index contributed by atoms with van der Waals surface area (Å²) in [5, 5.41) is 9.84. The van der Waals surface area contributed by atoms with Crippen LogP contribution in [-0.2, 0) is 0 Å². The Morgan fingerprint density at radius 2 is 1.55 bits per heavy atom. The third-order valence-electron chi connectivity index (χ3n) is 2.89. The first-order valence-corrected chi connectivity index (χ1v) is 6.07. The molecule has 0 unspecified atom stereocenters. The first kappa shape index (κ1) is 12.1. The molecular formula is C15H12N4O. The molecule has 98 valence electrons. The largest absolute Gasteiger partial charge is 0.507 e. The van der Waals surface area contributed by atoms with Crippen molar-refractivity contribution < 1.29 is 5.11 Å². The Morgan fingerprint density at radius 1 is 0.850 bits per heavy atom. The molecule has 2 aromatic carbocycles. The van der Waals surface area contributed by atoms with E-state index < -0.39 is 0 Å². The first-order valence-electron chi connectivity index (χ1n) is 6.07. The van der Waals surface area contributed by atoms with E-state index in [0.29, 0.717) is 22.9 Å². The molecule has 3 rings (SSSR count). The Labute approximate surface area is 115 Å². The molecule has 3 aromatic rings. The normalized spacial score (nSPS) is 10.4. The lowest BCUT2D eigenvalue weighted by atomic mass is 10.1. The van der Waals surface area contributed by atoms with E-state index >= 15 is 0 Å². The number of para-hydroxylation sites is 1. The number of phenols is 1. The van der Waals surface area contributed by atoms with Crippen molar-refractivity contribution in [3.63, 3.8) is 0 Å². The van der Waals surface area contributed by atoms with Crippen molar-refractivity contribution in [2.75, 3.05) is 5.73 Å². The van der Waals surface area contributed by atoms with Gasteiger partial charge in [-0.15, -0.1) is 0 Å². The van der Waals surface area contributed by atoms with Crippen molar-refractivity contribution in [3.05, 3.63) is 54.9 Å². The molecule has 0 atom stereocenters. The zero-order valence-electron chi connectivity index (χ0n) is 10.6. The maximum atomic E-state index is 9.84. The van der Waals surface area contributed by atoms with E-state index in [4.69, 9.17) is 5.73 Å². The number of aromatic hydroxyl groups is 1. The Balaban J connectivity index is 2.06. The smallest absolute Gasteiger partial charge is 0.167 e. The van der Waals surface area contributed by atoms with Gasteiger partial charge in [-0.2, -0.15) is 0 Å². The maximum absolute atomic E-state index is 9.84. The van der Waals surface area contributed by atoms with Crippen LogP contribution < -0.4 is 5.73 Å². The third-order valence-corrected chi connectivity index (χ3v) is 2.89. The molecule has 0 spiro atoms. The zero-order chi connectivity index (χ0) is 13.9. The van der Waals surface area contributed by atoms with Gasteiger partial charge in [-0.05, 0) is 36.4 Å². The molecule has 0 amide bonds. The molecule has 0 radical (unpaired) electrons. The van der Waals surface area contributed by atoms with Gasteiger partial charge in [0.25, 0.3) is 0 Å². The first-order chi connectivity index (χ1) is 9.74. The second-order valence-electron chi connectivity index (χ2n) is 4.27. The zero-order valence-corrected chi connectivity index (χ0v) is 10.6. The highest BCUT2D eigenvalue weighted by atomic mass is 16.3. The number of aromatic nitrogens is 3. The lowest BCUT2D eigenvalue weighted by molar-refractivity contribution is 0.477. The van der Waals surface area contributed by atoms with Crippen LogP contribution in [0.2, 0.25) is 0 Å². The number of hydrogen-bond acceptors (Lipinski definition) is 5. The lowest BCUT2D eigenvalue weighted by Crippen LogP contribution is -1.95. The maximum Gasteiger partial charge on any atom is 0.167 e. The number of anilines is 1. The van der Waals surface area contributed by atoms with Gasteiger partial charge in [0.05, 0.1) is 5.56 Å². The predicted molar refractivity (Wildman–Crippen MR) is 76.8 cm³/mol. The summed E-state index contributed by atoms with van der Waals surface area (Å²) >= 11 is 0. The predicted octanol–water partition coefficient (Wildman–Crippen LogP) is 2.49. The Hall–Kier alpha value is -2.95. The van der Waals surface area contributed by atoms with Crippen molar-refractivity contribution >= 4 is 5.69 Å². The van der Waals surface area contributed by atoms with Gasteiger partial charge in [-0.25, -0.2) is 15.0 Å².